The van der Waals surface area contributed by atoms with Gasteiger partial charge in [0.05, 0.1) is 30.4 Å². The Labute approximate surface area is 189 Å². The number of halogens is 1. The van der Waals surface area contributed by atoms with Crippen LogP contribution < -0.4 is 0 Å². The van der Waals surface area contributed by atoms with Gasteiger partial charge in [-0.3, -0.25) is 14.5 Å². The molecule has 2 aromatic rings. The molecule has 31 heavy (non-hydrogen) atoms. The predicted octanol–water partition coefficient (Wildman–Crippen LogP) is 3.25. The molecule has 2 fully saturated rings. The molecule has 1 amide bonds. The topological polar surface area (TPSA) is 90.3 Å². The second-order valence-corrected chi connectivity index (χ2v) is 8.89. The fourth-order valence-electron chi connectivity index (χ4n) is 3.99. The zero-order valence-electron chi connectivity index (χ0n) is 16.8. The minimum absolute atomic E-state index is 0.0281. The van der Waals surface area contributed by atoms with Crippen LogP contribution in [-0.2, 0) is 14.3 Å². The number of likely N-dealkylation sites (tertiary alicyclic amines) is 1. The van der Waals surface area contributed by atoms with E-state index in [2.05, 4.69) is 4.90 Å². The number of hydrogen-bond donors (Lipinski definition) is 2. The zero-order chi connectivity index (χ0) is 22.0. The second kappa shape index (κ2) is 9.40. The molecule has 0 unspecified atom stereocenters. The van der Waals surface area contributed by atoms with Gasteiger partial charge in [-0.25, -0.2) is 0 Å². The normalized spacial score (nSPS) is 21.7. The highest BCUT2D eigenvalue weighted by atomic mass is 35.5. The maximum absolute atomic E-state index is 13.0. The number of aliphatic hydroxyl groups is 1. The predicted molar refractivity (Wildman–Crippen MR) is 118 cm³/mol. The molecule has 1 atom stereocenters. The number of phenolic OH excluding ortho intramolecular Hbond substituents is 1. The molecule has 4 rings (SSSR count). The van der Waals surface area contributed by atoms with Crippen LogP contribution in [-0.4, -0.2) is 71.1 Å². The number of amides is 1. The van der Waals surface area contributed by atoms with Crippen LogP contribution in [0.25, 0.3) is 5.76 Å². The van der Waals surface area contributed by atoms with Crippen molar-refractivity contribution >= 4 is 40.4 Å². The molecule has 9 heteroatoms. The van der Waals surface area contributed by atoms with Gasteiger partial charge in [-0.2, -0.15) is 0 Å². The monoisotopic (exact) mass is 462 g/mol. The summed E-state index contributed by atoms with van der Waals surface area (Å²) in [6, 6.07) is 7.17. The lowest BCUT2D eigenvalue weighted by atomic mass is 9.99. The summed E-state index contributed by atoms with van der Waals surface area (Å²) in [5, 5.41) is 23.3. The molecular formula is C22H23ClN2O5S. The summed E-state index contributed by atoms with van der Waals surface area (Å²) >= 11 is 7.43. The van der Waals surface area contributed by atoms with Crippen LogP contribution in [0.15, 0.2) is 41.3 Å². The Kier molecular flexibility index (Phi) is 6.62. The number of carbonyl (C=O) groups is 2. The van der Waals surface area contributed by atoms with Gasteiger partial charge in [-0.05, 0) is 36.1 Å². The average molecular weight is 463 g/mol. The van der Waals surface area contributed by atoms with E-state index in [1.54, 1.807) is 0 Å². The molecular weight excluding hydrogens is 440 g/mol. The largest absolute Gasteiger partial charge is 0.507 e. The van der Waals surface area contributed by atoms with Crippen molar-refractivity contribution in [3.05, 3.63) is 56.7 Å². The first-order chi connectivity index (χ1) is 15.0. The third-order valence-corrected chi connectivity index (χ3v) is 6.70. The Bertz CT molecular complexity index is 1000. The highest BCUT2D eigenvalue weighted by Crippen LogP contribution is 2.42. The van der Waals surface area contributed by atoms with Crippen LogP contribution in [0.5, 0.6) is 5.75 Å². The van der Waals surface area contributed by atoms with E-state index in [4.69, 9.17) is 16.3 Å². The van der Waals surface area contributed by atoms with Crippen LogP contribution in [0, 0.1) is 0 Å². The summed E-state index contributed by atoms with van der Waals surface area (Å²) in [7, 11) is 0. The lowest BCUT2D eigenvalue weighted by Gasteiger charge is -2.28. The van der Waals surface area contributed by atoms with Gasteiger partial charge in [-0.15, -0.1) is 11.3 Å². The number of aromatic hydroxyl groups is 1. The molecule has 2 aliphatic heterocycles. The van der Waals surface area contributed by atoms with Crippen molar-refractivity contribution < 1.29 is 24.5 Å². The minimum Gasteiger partial charge on any atom is -0.507 e. The number of thiophene rings is 1. The van der Waals surface area contributed by atoms with Crippen molar-refractivity contribution in [3.8, 4) is 5.75 Å². The Morgan fingerprint density at radius 3 is 2.68 bits per heavy atom. The maximum atomic E-state index is 13.0. The average Bonchev–Trinajstić information content (AvgIpc) is 3.38. The van der Waals surface area contributed by atoms with Gasteiger partial charge in [-0.1, -0.05) is 17.7 Å². The van der Waals surface area contributed by atoms with Gasteiger partial charge in [0.1, 0.15) is 11.5 Å². The SMILES string of the molecule is O=C1C(=O)N(CCCN2CCOCC2)[C@@H](c2cccs2)C1=C(O)c1cc(Cl)ccc1O. The molecule has 2 aliphatic rings. The van der Waals surface area contributed by atoms with Crippen molar-refractivity contribution in [2.24, 2.45) is 0 Å². The van der Waals surface area contributed by atoms with Crippen LogP contribution in [0.3, 0.4) is 0 Å². The maximum Gasteiger partial charge on any atom is 0.295 e. The molecule has 2 N–H and O–H groups in total. The number of ether oxygens (including phenoxy) is 1. The molecule has 7 nitrogen and oxygen atoms in total. The number of phenols is 1. The van der Waals surface area contributed by atoms with Gasteiger partial charge in [0.2, 0.25) is 0 Å². The first-order valence-electron chi connectivity index (χ1n) is 10.1. The molecule has 1 aromatic carbocycles. The van der Waals surface area contributed by atoms with E-state index in [0.29, 0.717) is 31.2 Å². The zero-order valence-corrected chi connectivity index (χ0v) is 18.4. The molecule has 0 bridgehead atoms. The number of hydrogen-bond acceptors (Lipinski definition) is 7. The molecule has 3 heterocycles. The quantitative estimate of drug-likeness (QED) is 0.389. The van der Waals surface area contributed by atoms with Gasteiger partial charge in [0.15, 0.2) is 0 Å². The summed E-state index contributed by atoms with van der Waals surface area (Å²) in [6.45, 7) is 4.26. The first kappa shape index (κ1) is 21.8. The molecule has 1 aromatic heterocycles. The number of benzene rings is 1. The van der Waals surface area contributed by atoms with E-state index in [9.17, 15) is 19.8 Å². The van der Waals surface area contributed by atoms with Crippen molar-refractivity contribution in [2.75, 3.05) is 39.4 Å². The molecule has 0 radical (unpaired) electrons. The Morgan fingerprint density at radius 1 is 1.19 bits per heavy atom. The van der Waals surface area contributed by atoms with Crippen molar-refractivity contribution in [1.29, 1.82) is 0 Å². The summed E-state index contributed by atoms with van der Waals surface area (Å²) in [5.74, 6) is -2.05. The van der Waals surface area contributed by atoms with Gasteiger partial charge < -0.3 is 19.8 Å². The van der Waals surface area contributed by atoms with Gasteiger partial charge >= 0.3 is 0 Å². The van der Waals surface area contributed by atoms with Crippen LogP contribution >= 0.6 is 22.9 Å². The van der Waals surface area contributed by atoms with Crippen molar-refractivity contribution in [3.63, 3.8) is 0 Å². The van der Waals surface area contributed by atoms with Crippen molar-refractivity contribution in [1.82, 2.24) is 9.80 Å². The first-order valence-corrected chi connectivity index (χ1v) is 11.3. The van der Waals surface area contributed by atoms with Crippen LogP contribution in [0.2, 0.25) is 5.02 Å². The standard InChI is InChI=1S/C22H23ClN2O5S/c23-14-4-5-16(26)15(13-14)20(27)18-19(17-3-1-12-31-17)25(22(29)21(18)28)7-2-6-24-8-10-30-11-9-24/h1,3-5,12-13,19,26-27H,2,6-11H2/t19-/m0/s1. The summed E-state index contributed by atoms with van der Waals surface area (Å²) in [6.07, 6.45) is 0.692. The fraction of sp³-hybridized carbons (Fsp3) is 0.364. The van der Waals surface area contributed by atoms with E-state index in [-0.39, 0.29) is 16.9 Å². The summed E-state index contributed by atoms with van der Waals surface area (Å²) in [4.78, 5) is 30.4. The number of Topliss-reactive ketones (excluding diaryl/α,β-unsaturated/α-hetero) is 1. The molecule has 2 saturated heterocycles. The molecule has 0 aliphatic carbocycles. The van der Waals surface area contributed by atoms with Crippen LogP contribution in [0.1, 0.15) is 22.9 Å². The van der Waals surface area contributed by atoms with E-state index in [0.717, 1.165) is 24.5 Å². The molecule has 0 spiro atoms. The van der Waals surface area contributed by atoms with E-state index < -0.39 is 23.5 Å². The lowest BCUT2D eigenvalue weighted by molar-refractivity contribution is -0.140. The Balaban J connectivity index is 1.65. The number of carbonyl (C=O) groups excluding carboxylic acids is 2. The number of ketones is 1. The third-order valence-electron chi connectivity index (χ3n) is 5.54. The highest BCUT2D eigenvalue weighted by Gasteiger charge is 2.46. The number of aliphatic hydroxyl groups excluding tert-OH is 1. The van der Waals surface area contributed by atoms with E-state index in [1.807, 2.05) is 17.5 Å². The Hall–Kier alpha value is -2.39. The minimum atomic E-state index is -0.762. The summed E-state index contributed by atoms with van der Waals surface area (Å²) < 4.78 is 5.36. The number of nitrogens with zero attached hydrogens (tertiary/aromatic N) is 2. The van der Waals surface area contributed by atoms with Crippen LogP contribution in [0.4, 0.5) is 0 Å². The van der Waals surface area contributed by atoms with E-state index >= 15 is 0 Å². The Morgan fingerprint density at radius 2 is 1.97 bits per heavy atom. The third kappa shape index (κ3) is 4.48. The lowest BCUT2D eigenvalue weighted by Crippen LogP contribution is -2.38. The molecule has 164 valence electrons. The molecule has 0 saturated carbocycles. The number of rotatable bonds is 6. The fourth-order valence-corrected chi connectivity index (χ4v) is 5.00. The van der Waals surface area contributed by atoms with E-state index in [1.165, 1.54) is 34.4 Å². The van der Waals surface area contributed by atoms with Gasteiger partial charge in [0, 0.05) is 36.1 Å². The second-order valence-electron chi connectivity index (χ2n) is 7.48. The van der Waals surface area contributed by atoms with Crippen molar-refractivity contribution in [2.45, 2.75) is 12.5 Å². The smallest absolute Gasteiger partial charge is 0.295 e. The highest BCUT2D eigenvalue weighted by molar-refractivity contribution is 7.10. The summed E-state index contributed by atoms with van der Waals surface area (Å²) in [5.41, 5.74) is -0.00300. The van der Waals surface area contributed by atoms with Gasteiger partial charge in [0.25, 0.3) is 11.7 Å². The number of morpholine rings is 1.